The molecule has 0 aliphatic carbocycles. The third-order valence-electron chi connectivity index (χ3n) is 3.32. The Morgan fingerprint density at radius 1 is 1.10 bits per heavy atom. The highest BCUT2D eigenvalue weighted by Gasteiger charge is 2.19. The zero-order valence-corrected chi connectivity index (χ0v) is 12.2. The van der Waals surface area contributed by atoms with E-state index >= 15 is 0 Å². The van der Waals surface area contributed by atoms with Crippen molar-refractivity contribution in [3.8, 4) is 28.3 Å². The molecule has 0 atom stereocenters. The molecule has 0 unspecified atom stereocenters. The normalized spacial score (nSPS) is 10.6. The van der Waals surface area contributed by atoms with Crippen molar-refractivity contribution < 1.29 is 9.15 Å². The number of furan rings is 1. The second kappa shape index (κ2) is 5.83. The fourth-order valence-electron chi connectivity index (χ4n) is 2.28. The fourth-order valence-corrected chi connectivity index (χ4v) is 2.28. The highest BCUT2D eigenvalue weighted by atomic mass is 16.6. The zero-order valence-electron chi connectivity index (χ0n) is 12.2. The molecule has 0 fully saturated rings. The molecule has 1 aromatic carbocycles. The maximum absolute atomic E-state index is 5.61. The van der Waals surface area contributed by atoms with E-state index in [1.54, 1.807) is 12.5 Å². The third kappa shape index (κ3) is 2.68. The van der Waals surface area contributed by atoms with Gasteiger partial charge < -0.3 is 9.15 Å². The predicted molar refractivity (Wildman–Crippen MR) is 83.3 cm³/mol. The second-order valence-electron chi connectivity index (χ2n) is 4.83. The predicted octanol–water partition coefficient (Wildman–Crippen LogP) is 4.72. The first kappa shape index (κ1) is 13.4. The van der Waals surface area contributed by atoms with Gasteiger partial charge in [-0.1, -0.05) is 35.9 Å². The molecule has 3 nitrogen and oxygen atoms in total. The summed E-state index contributed by atoms with van der Waals surface area (Å²) in [5, 5.41) is 0. The van der Waals surface area contributed by atoms with Crippen LogP contribution in [-0.2, 0) is 0 Å². The Morgan fingerprint density at radius 3 is 2.57 bits per heavy atom. The molecule has 0 saturated heterocycles. The summed E-state index contributed by atoms with van der Waals surface area (Å²) in [7, 11) is 0. The molecule has 0 bridgehead atoms. The van der Waals surface area contributed by atoms with Gasteiger partial charge in [0.15, 0.2) is 0 Å². The smallest absolute Gasteiger partial charge is 0.294 e. The minimum atomic E-state index is 0.520. The van der Waals surface area contributed by atoms with Crippen molar-refractivity contribution in [3.63, 3.8) is 0 Å². The van der Waals surface area contributed by atoms with Crippen molar-refractivity contribution in [2.75, 3.05) is 6.61 Å². The lowest BCUT2D eigenvalue weighted by Crippen LogP contribution is -1.93. The summed E-state index contributed by atoms with van der Waals surface area (Å²) in [5.41, 5.74) is 5.08. The first-order valence-electron chi connectivity index (χ1n) is 7.02. The average molecular weight is 279 g/mol. The molecule has 0 amide bonds. The van der Waals surface area contributed by atoms with Gasteiger partial charge in [-0.05, 0) is 31.5 Å². The topological polar surface area (TPSA) is 35.3 Å². The fraction of sp³-hybridized carbons (Fsp3) is 0.167. The van der Waals surface area contributed by atoms with Crippen LogP contribution in [0.2, 0.25) is 0 Å². The summed E-state index contributed by atoms with van der Waals surface area (Å²) in [6.07, 6.45) is 3.51. The van der Waals surface area contributed by atoms with Gasteiger partial charge in [0.25, 0.3) is 5.95 Å². The average Bonchev–Trinajstić information content (AvgIpc) is 2.93. The van der Waals surface area contributed by atoms with Crippen LogP contribution in [0.3, 0.4) is 0 Å². The Labute approximate surface area is 124 Å². The van der Waals surface area contributed by atoms with E-state index in [2.05, 4.69) is 36.2 Å². The number of hydrogen-bond donors (Lipinski definition) is 0. The van der Waals surface area contributed by atoms with Gasteiger partial charge >= 0.3 is 0 Å². The van der Waals surface area contributed by atoms with Gasteiger partial charge in [0.2, 0.25) is 0 Å². The van der Waals surface area contributed by atoms with E-state index in [9.17, 15) is 0 Å². The molecule has 0 N–H and O–H groups in total. The van der Waals surface area contributed by atoms with Crippen molar-refractivity contribution in [2.24, 2.45) is 0 Å². The van der Waals surface area contributed by atoms with Crippen LogP contribution in [0.5, 0.6) is 5.95 Å². The van der Waals surface area contributed by atoms with E-state index in [-0.39, 0.29) is 0 Å². The van der Waals surface area contributed by atoms with Crippen molar-refractivity contribution >= 4 is 0 Å². The van der Waals surface area contributed by atoms with E-state index in [0.717, 1.165) is 22.4 Å². The van der Waals surface area contributed by atoms with Crippen LogP contribution in [-0.4, -0.2) is 11.6 Å². The Morgan fingerprint density at radius 2 is 1.90 bits per heavy atom. The molecule has 2 heterocycles. The number of hydrogen-bond acceptors (Lipinski definition) is 3. The molecule has 21 heavy (non-hydrogen) atoms. The molecule has 0 radical (unpaired) electrons. The maximum Gasteiger partial charge on any atom is 0.294 e. The van der Waals surface area contributed by atoms with E-state index in [4.69, 9.17) is 9.15 Å². The molecule has 0 aliphatic heterocycles. The Hall–Kier alpha value is -2.55. The van der Waals surface area contributed by atoms with Crippen LogP contribution in [0.15, 0.2) is 59.3 Å². The number of benzene rings is 1. The van der Waals surface area contributed by atoms with Gasteiger partial charge in [0, 0.05) is 11.8 Å². The van der Waals surface area contributed by atoms with E-state index in [1.165, 1.54) is 5.56 Å². The lowest BCUT2D eigenvalue weighted by atomic mass is 10.0. The van der Waals surface area contributed by atoms with Gasteiger partial charge in [-0.3, -0.25) is 4.98 Å². The largest absolute Gasteiger partial charge is 0.465 e. The maximum atomic E-state index is 5.61. The summed E-state index contributed by atoms with van der Waals surface area (Å²) in [5.74, 6) is 0.520. The van der Waals surface area contributed by atoms with Gasteiger partial charge in [0.05, 0.1) is 17.9 Å². The number of rotatable bonds is 4. The van der Waals surface area contributed by atoms with Crippen LogP contribution in [0.1, 0.15) is 12.5 Å². The van der Waals surface area contributed by atoms with Crippen LogP contribution in [0.25, 0.3) is 22.4 Å². The third-order valence-corrected chi connectivity index (χ3v) is 3.32. The number of pyridine rings is 1. The van der Waals surface area contributed by atoms with Crippen LogP contribution in [0, 0.1) is 6.92 Å². The van der Waals surface area contributed by atoms with Crippen LogP contribution in [0.4, 0.5) is 0 Å². The van der Waals surface area contributed by atoms with E-state index in [0.29, 0.717) is 12.6 Å². The summed E-state index contributed by atoms with van der Waals surface area (Å²) >= 11 is 0. The van der Waals surface area contributed by atoms with Gasteiger partial charge in [-0.15, -0.1) is 0 Å². The van der Waals surface area contributed by atoms with Crippen molar-refractivity contribution in [2.45, 2.75) is 13.8 Å². The van der Waals surface area contributed by atoms with Crippen molar-refractivity contribution in [3.05, 3.63) is 60.5 Å². The lowest BCUT2D eigenvalue weighted by Gasteiger charge is -2.06. The zero-order chi connectivity index (χ0) is 14.7. The van der Waals surface area contributed by atoms with Crippen LogP contribution < -0.4 is 4.74 Å². The summed E-state index contributed by atoms with van der Waals surface area (Å²) in [6, 6.07) is 14.2. The monoisotopic (exact) mass is 279 g/mol. The van der Waals surface area contributed by atoms with Gasteiger partial charge in [-0.2, -0.15) is 0 Å². The molecule has 3 heteroatoms. The Bertz CT molecular complexity index is 715. The van der Waals surface area contributed by atoms with Crippen molar-refractivity contribution in [1.82, 2.24) is 4.98 Å². The molecule has 0 saturated carbocycles. The van der Waals surface area contributed by atoms with Crippen LogP contribution >= 0.6 is 0 Å². The molecule has 3 aromatic rings. The summed E-state index contributed by atoms with van der Waals surface area (Å²) < 4.78 is 11.2. The highest BCUT2D eigenvalue weighted by Crippen LogP contribution is 2.40. The van der Waals surface area contributed by atoms with Crippen molar-refractivity contribution in [1.29, 1.82) is 0 Å². The molecule has 2 aromatic heterocycles. The second-order valence-corrected chi connectivity index (χ2v) is 4.83. The first-order valence-corrected chi connectivity index (χ1v) is 7.02. The standard InChI is InChI=1S/C18H17NO2/c1-3-20-18-17(16-6-4-5-11-19-16)15(12-21-18)14-9-7-13(2)8-10-14/h4-12H,3H2,1-2H3. The number of aryl methyl sites for hydroxylation is 1. The molecule has 106 valence electrons. The first-order chi connectivity index (χ1) is 10.3. The molecule has 3 rings (SSSR count). The Kier molecular flexibility index (Phi) is 3.73. The van der Waals surface area contributed by atoms with Gasteiger partial charge in [0.1, 0.15) is 6.26 Å². The minimum Gasteiger partial charge on any atom is -0.465 e. The molecular formula is C18H17NO2. The Balaban J connectivity index is 2.15. The molecule has 0 spiro atoms. The quantitative estimate of drug-likeness (QED) is 0.693. The molecule has 0 aliphatic rings. The minimum absolute atomic E-state index is 0.520. The molecular weight excluding hydrogens is 262 g/mol. The van der Waals surface area contributed by atoms with E-state index in [1.807, 2.05) is 25.1 Å². The number of nitrogens with zero attached hydrogens (tertiary/aromatic N) is 1. The SMILES string of the molecule is CCOc1occ(-c2ccc(C)cc2)c1-c1ccccn1. The van der Waals surface area contributed by atoms with Gasteiger partial charge in [-0.25, -0.2) is 0 Å². The highest BCUT2D eigenvalue weighted by molar-refractivity contribution is 5.84. The lowest BCUT2D eigenvalue weighted by molar-refractivity contribution is 0.259. The number of aromatic nitrogens is 1. The number of ether oxygens (including phenoxy) is 1. The summed E-state index contributed by atoms with van der Waals surface area (Å²) in [6.45, 7) is 4.57. The van der Waals surface area contributed by atoms with E-state index < -0.39 is 0 Å². The summed E-state index contributed by atoms with van der Waals surface area (Å²) in [4.78, 5) is 4.43.